The molecule has 0 spiro atoms. The molecule has 2 aliphatic rings. The van der Waals surface area contributed by atoms with E-state index in [0.717, 1.165) is 27.1 Å². The van der Waals surface area contributed by atoms with E-state index in [1.54, 1.807) is 4.36 Å². The van der Waals surface area contributed by atoms with Crippen molar-refractivity contribution in [1.82, 2.24) is 4.98 Å². The van der Waals surface area contributed by atoms with Gasteiger partial charge in [0.25, 0.3) is 10.9 Å². The fourth-order valence-electron chi connectivity index (χ4n) is 3.40. The molecule has 98 valence electrons. The summed E-state index contributed by atoms with van der Waals surface area (Å²) in [6.45, 7) is 0. The molecule has 0 saturated carbocycles. The first-order chi connectivity index (χ1) is 10.3. The number of aromatic amines is 1. The van der Waals surface area contributed by atoms with Gasteiger partial charge in [-0.3, -0.25) is 0 Å². The van der Waals surface area contributed by atoms with E-state index >= 15 is 0 Å². The number of benzene rings is 3. The number of H-pyrrole nitrogens is 1. The van der Waals surface area contributed by atoms with Crippen LogP contribution in [0.15, 0.2) is 60.7 Å². The van der Waals surface area contributed by atoms with Crippen molar-refractivity contribution in [2.45, 2.75) is 0 Å². The predicted octanol–water partition coefficient (Wildman–Crippen LogP) is 3.82. The zero-order chi connectivity index (χ0) is 14.0. The Morgan fingerprint density at radius 1 is 0.810 bits per heavy atom. The largest absolute Gasteiger partial charge is 0.344 e. The van der Waals surface area contributed by atoms with Crippen molar-refractivity contribution in [2.24, 2.45) is 0 Å². The Bertz CT molecular complexity index is 1250. The van der Waals surface area contributed by atoms with Gasteiger partial charge in [0.1, 0.15) is 10.9 Å². The lowest BCUT2D eigenvalue weighted by molar-refractivity contribution is -0.553. The second kappa shape index (κ2) is 3.58. The van der Waals surface area contributed by atoms with E-state index in [9.17, 15) is 0 Å². The van der Waals surface area contributed by atoms with Crippen LogP contribution in [0.5, 0.6) is 0 Å². The number of para-hydroxylation sites is 2. The third kappa shape index (κ3) is 1.23. The number of fused-ring (bicyclic) bond motifs is 3. The first-order valence-corrected chi connectivity index (χ1v) is 6.99. The molecule has 0 fully saturated rings. The summed E-state index contributed by atoms with van der Waals surface area (Å²) >= 11 is 0. The van der Waals surface area contributed by atoms with Crippen LogP contribution >= 0.6 is 0 Å². The molecular formula is C18H12N3+. The summed E-state index contributed by atoms with van der Waals surface area (Å²) in [5, 5.41) is 6.76. The van der Waals surface area contributed by atoms with Crippen molar-refractivity contribution in [1.29, 1.82) is 5.53 Å². The van der Waals surface area contributed by atoms with Crippen LogP contribution in [0.25, 0.3) is 32.6 Å². The fraction of sp³-hybridized carbons (Fsp3) is 0. The highest BCUT2D eigenvalue weighted by Crippen LogP contribution is 2.29. The summed E-state index contributed by atoms with van der Waals surface area (Å²) in [6.07, 6.45) is 0. The summed E-state index contributed by atoms with van der Waals surface area (Å²) in [7, 11) is 0. The Labute approximate surface area is 119 Å². The average Bonchev–Trinajstić information content (AvgIpc) is 2.85. The molecule has 0 saturated heterocycles. The number of hydrogen-bond donors (Lipinski definition) is 2. The maximum absolute atomic E-state index is 8.56. The maximum atomic E-state index is 8.56. The third-order valence-corrected chi connectivity index (χ3v) is 4.29. The molecule has 0 amide bonds. The summed E-state index contributed by atoms with van der Waals surface area (Å²) in [6, 6.07) is 20.6. The van der Waals surface area contributed by atoms with Gasteiger partial charge in [0, 0.05) is 16.8 Å². The smallest absolute Gasteiger partial charge is 0.269 e. The second-order valence-corrected chi connectivity index (χ2v) is 5.41. The molecule has 0 bridgehead atoms. The normalized spacial score (nSPS) is 12.0. The van der Waals surface area contributed by atoms with Gasteiger partial charge in [0.2, 0.25) is 0 Å². The summed E-state index contributed by atoms with van der Waals surface area (Å²) in [5.41, 5.74) is 10.4. The lowest BCUT2D eigenvalue weighted by atomic mass is 10.1. The number of rotatable bonds is 0. The molecule has 3 aromatic rings. The molecule has 1 aliphatic heterocycles. The standard InChI is InChI=1S/C18H12N3/c19-21-15-10-2-1-9-14(15)20-17-12-7-3-5-11-6-4-8-13(16(11)12)18(17)21/h1-10H,(H2,19,20)/q+1. The van der Waals surface area contributed by atoms with Crippen LogP contribution in [0.4, 0.5) is 0 Å². The number of nitrogens with one attached hydrogen (secondary N) is 2. The molecule has 5 rings (SSSR count). The van der Waals surface area contributed by atoms with Crippen LogP contribution in [0.2, 0.25) is 0 Å². The topological polar surface area (TPSA) is 45.5 Å². The Morgan fingerprint density at radius 2 is 1.57 bits per heavy atom. The molecule has 3 nitrogen and oxygen atoms in total. The van der Waals surface area contributed by atoms with Crippen molar-refractivity contribution in [3.8, 4) is 0 Å². The highest BCUT2D eigenvalue weighted by Gasteiger charge is 2.17. The van der Waals surface area contributed by atoms with Gasteiger partial charge in [-0.2, -0.15) is 0 Å². The van der Waals surface area contributed by atoms with Gasteiger partial charge in [0.15, 0.2) is 0 Å². The minimum Gasteiger partial charge on any atom is -0.344 e. The molecule has 0 radical (unpaired) electrons. The SMILES string of the molecule is N=[n+]1c2c3cccc4cccc(c=2[nH]c2ccccc21)c43. The van der Waals surface area contributed by atoms with E-state index < -0.39 is 0 Å². The lowest BCUT2D eigenvalue weighted by Crippen LogP contribution is -2.18. The molecule has 0 aromatic heterocycles. The van der Waals surface area contributed by atoms with Crippen LogP contribution in [-0.2, 0) is 0 Å². The zero-order valence-corrected chi connectivity index (χ0v) is 11.2. The van der Waals surface area contributed by atoms with Gasteiger partial charge < -0.3 is 4.98 Å². The van der Waals surface area contributed by atoms with E-state index in [2.05, 4.69) is 41.4 Å². The Kier molecular flexibility index (Phi) is 1.84. The number of aromatic nitrogens is 2. The lowest BCUT2D eigenvalue weighted by Gasteiger charge is -1.95. The summed E-state index contributed by atoms with van der Waals surface area (Å²) in [4.78, 5) is 3.51. The minimum absolute atomic E-state index is 0.890. The minimum atomic E-state index is 0.890. The van der Waals surface area contributed by atoms with Crippen molar-refractivity contribution >= 4 is 32.6 Å². The summed E-state index contributed by atoms with van der Waals surface area (Å²) < 4.78 is 1.55. The van der Waals surface area contributed by atoms with Crippen molar-refractivity contribution in [2.75, 3.05) is 0 Å². The van der Waals surface area contributed by atoms with Crippen LogP contribution < -0.4 is 4.36 Å². The zero-order valence-electron chi connectivity index (χ0n) is 11.2. The first kappa shape index (κ1) is 10.8. The third-order valence-electron chi connectivity index (χ3n) is 4.29. The van der Waals surface area contributed by atoms with Crippen LogP contribution in [0.1, 0.15) is 0 Å². The van der Waals surface area contributed by atoms with E-state index in [1.165, 1.54) is 16.2 Å². The van der Waals surface area contributed by atoms with E-state index in [-0.39, 0.29) is 0 Å². The molecule has 1 heterocycles. The van der Waals surface area contributed by atoms with Crippen molar-refractivity contribution in [3.63, 3.8) is 0 Å². The maximum Gasteiger partial charge on any atom is 0.269 e. The van der Waals surface area contributed by atoms with Crippen LogP contribution in [-0.4, -0.2) is 4.98 Å². The predicted molar refractivity (Wildman–Crippen MR) is 82.5 cm³/mol. The molecule has 0 unspecified atom stereocenters. The Balaban J connectivity index is 2.29. The average molecular weight is 270 g/mol. The first-order valence-electron chi connectivity index (χ1n) is 6.99. The van der Waals surface area contributed by atoms with Gasteiger partial charge in [0.05, 0.1) is 5.39 Å². The molecule has 21 heavy (non-hydrogen) atoms. The van der Waals surface area contributed by atoms with Gasteiger partial charge in [-0.15, -0.1) is 0 Å². The Morgan fingerprint density at radius 3 is 2.43 bits per heavy atom. The highest BCUT2D eigenvalue weighted by molar-refractivity contribution is 6.11. The molecule has 2 N–H and O–H groups in total. The van der Waals surface area contributed by atoms with E-state index in [4.69, 9.17) is 5.53 Å². The van der Waals surface area contributed by atoms with Crippen LogP contribution in [0, 0.1) is 16.2 Å². The van der Waals surface area contributed by atoms with Gasteiger partial charge in [-0.25, -0.2) is 0 Å². The van der Waals surface area contributed by atoms with Crippen molar-refractivity contribution in [3.05, 3.63) is 71.4 Å². The highest BCUT2D eigenvalue weighted by atomic mass is 15.1. The van der Waals surface area contributed by atoms with Gasteiger partial charge in [-0.05, 0) is 27.4 Å². The molecule has 0 atom stereocenters. The van der Waals surface area contributed by atoms with Gasteiger partial charge in [-0.1, -0.05) is 42.5 Å². The van der Waals surface area contributed by atoms with Crippen molar-refractivity contribution < 1.29 is 4.36 Å². The quantitative estimate of drug-likeness (QED) is 0.402. The second-order valence-electron chi connectivity index (χ2n) is 5.41. The summed E-state index contributed by atoms with van der Waals surface area (Å²) in [5.74, 6) is 0. The molecule has 1 aliphatic carbocycles. The monoisotopic (exact) mass is 270 g/mol. The molecule has 3 aromatic carbocycles. The molecule has 3 heteroatoms. The Hall–Kier alpha value is -2.94. The van der Waals surface area contributed by atoms with Crippen LogP contribution in [0.3, 0.4) is 0 Å². The number of hydrogen-bond acceptors (Lipinski definition) is 1. The van der Waals surface area contributed by atoms with E-state index in [1.807, 2.05) is 24.3 Å². The van der Waals surface area contributed by atoms with E-state index in [0.29, 0.717) is 0 Å². The van der Waals surface area contributed by atoms with Gasteiger partial charge >= 0.3 is 0 Å². The fourth-order valence-corrected chi connectivity index (χ4v) is 3.40. The number of nitrogens with zero attached hydrogens (tertiary/aromatic N) is 1. The molecular weight excluding hydrogens is 258 g/mol.